The first-order chi connectivity index (χ1) is 13.6. The van der Waals surface area contributed by atoms with Gasteiger partial charge in [0, 0.05) is 30.0 Å². The first-order valence-corrected chi connectivity index (χ1v) is 10.3. The molecule has 4 nitrogen and oxygen atoms in total. The van der Waals surface area contributed by atoms with Crippen molar-refractivity contribution in [1.29, 1.82) is 0 Å². The van der Waals surface area contributed by atoms with Crippen LogP contribution >= 0.6 is 11.3 Å². The fraction of sp³-hybridized carbons (Fsp3) is 0.273. The Morgan fingerprint density at radius 3 is 2.39 bits per heavy atom. The Morgan fingerprint density at radius 1 is 1.04 bits per heavy atom. The fourth-order valence-corrected chi connectivity index (χ4v) is 4.39. The van der Waals surface area contributed by atoms with Crippen molar-refractivity contribution < 1.29 is 9.18 Å². The lowest BCUT2D eigenvalue weighted by molar-refractivity contribution is 0.103. The molecule has 1 amide bonds. The minimum absolute atomic E-state index is 0.172. The molecule has 0 radical (unpaired) electrons. The largest absolute Gasteiger partial charge is 0.372 e. The molecule has 6 heteroatoms. The Kier molecular flexibility index (Phi) is 5.39. The molecule has 1 saturated heterocycles. The number of piperidine rings is 1. The van der Waals surface area contributed by atoms with Crippen LogP contribution < -0.4 is 10.2 Å². The molecule has 0 unspecified atom stereocenters. The molecule has 28 heavy (non-hydrogen) atoms. The standard InChI is InChI=1S/C22H22FN3OS/c1-15-20(28-22(24-15)16-5-7-17(23)8-6-16)21(27)25-18-9-11-19(12-10-18)26-13-3-2-4-14-26/h5-12H,2-4,13-14H2,1H3,(H,25,27). The molecule has 4 rings (SSSR count). The molecule has 2 heterocycles. The third-order valence-electron chi connectivity index (χ3n) is 4.94. The van der Waals surface area contributed by atoms with Gasteiger partial charge in [0.05, 0.1) is 5.69 Å². The predicted octanol–water partition coefficient (Wildman–Crippen LogP) is 5.50. The first-order valence-electron chi connectivity index (χ1n) is 9.50. The Morgan fingerprint density at radius 2 is 1.71 bits per heavy atom. The number of rotatable bonds is 4. The number of amides is 1. The van der Waals surface area contributed by atoms with E-state index in [-0.39, 0.29) is 11.7 Å². The summed E-state index contributed by atoms with van der Waals surface area (Å²) < 4.78 is 13.1. The second kappa shape index (κ2) is 8.10. The Hall–Kier alpha value is -2.73. The number of aryl methyl sites for hydroxylation is 1. The summed E-state index contributed by atoms with van der Waals surface area (Å²) in [5.41, 5.74) is 3.44. The Labute approximate surface area is 168 Å². The summed E-state index contributed by atoms with van der Waals surface area (Å²) in [5, 5.41) is 3.67. The van der Waals surface area contributed by atoms with Crippen molar-refractivity contribution in [2.75, 3.05) is 23.3 Å². The van der Waals surface area contributed by atoms with E-state index in [0.717, 1.165) is 24.3 Å². The van der Waals surface area contributed by atoms with Crippen molar-refractivity contribution in [3.63, 3.8) is 0 Å². The molecule has 1 N–H and O–H groups in total. The molecule has 1 fully saturated rings. The average Bonchev–Trinajstić information content (AvgIpc) is 3.11. The second-order valence-corrected chi connectivity index (χ2v) is 7.99. The average molecular weight is 396 g/mol. The molecule has 1 aliphatic heterocycles. The number of hydrogen-bond acceptors (Lipinski definition) is 4. The van der Waals surface area contributed by atoms with Gasteiger partial charge in [0.1, 0.15) is 15.7 Å². The smallest absolute Gasteiger partial charge is 0.267 e. The second-order valence-electron chi connectivity index (χ2n) is 6.99. The van der Waals surface area contributed by atoms with Gasteiger partial charge in [0.15, 0.2) is 0 Å². The molecular weight excluding hydrogens is 373 g/mol. The van der Waals surface area contributed by atoms with Gasteiger partial charge in [0.2, 0.25) is 0 Å². The van der Waals surface area contributed by atoms with E-state index in [9.17, 15) is 9.18 Å². The van der Waals surface area contributed by atoms with Gasteiger partial charge in [-0.15, -0.1) is 11.3 Å². The van der Waals surface area contributed by atoms with Gasteiger partial charge >= 0.3 is 0 Å². The van der Waals surface area contributed by atoms with E-state index in [1.54, 1.807) is 12.1 Å². The minimum Gasteiger partial charge on any atom is -0.372 e. The molecule has 1 aromatic heterocycles. The van der Waals surface area contributed by atoms with Gasteiger partial charge in [-0.05, 0) is 74.7 Å². The number of nitrogens with one attached hydrogen (secondary N) is 1. The van der Waals surface area contributed by atoms with Crippen LogP contribution in [0.1, 0.15) is 34.6 Å². The lowest BCUT2D eigenvalue weighted by Gasteiger charge is -2.28. The maximum absolute atomic E-state index is 13.1. The van der Waals surface area contributed by atoms with Crippen LogP contribution in [0.4, 0.5) is 15.8 Å². The van der Waals surface area contributed by atoms with Gasteiger partial charge in [-0.2, -0.15) is 0 Å². The zero-order valence-electron chi connectivity index (χ0n) is 15.7. The van der Waals surface area contributed by atoms with Crippen LogP contribution in [0.2, 0.25) is 0 Å². The summed E-state index contributed by atoms with van der Waals surface area (Å²) in [6.07, 6.45) is 3.78. The number of benzene rings is 2. The van der Waals surface area contributed by atoms with E-state index in [0.29, 0.717) is 15.6 Å². The molecule has 2 aromatic carbocycles. The van der Waals surface area contributed by atoms with Crippen molar-refractivity contribution >= 4 is 28.6 Å². The summed E-state index contributed by atoms with van der Waals surface area (Å²) in [7, 11) is 0. The number of hydrogen-bond donors (Lipinski definition) is 1. The molecule has 0 bridgehead atoms. The zero-order valence-corrected chi connectivity index (χ0v) is 16.6. The number of aromatic nitrogens is 1. The van der Waals surface area contributed by atoms with Crippen LogP contribution in [0, 0.1) is 12.7 Å². The van der Waals surface area contributed by atoms with Crippen LogP contribution in [0.15, 0.2) is 48.5 Å². The van der Waals surface area contributed by atoms with Crippen LogP contribution in [-0.2, 0) is 0 Å². The van der Waals surface area contributed by atoms with Crippen LogP contribution in [0.5, 0.6) is 0 Å². The molecule has 144 valence electrons. The fourth-order valence-electron chi connectivity index (χ4n) is 3.42. The van der Waals surface area contributed by atoms with E-state index in [1.807, 2.05) is 19.1 Å². The molecule has 3 aromatic rings. The number of carbonyl (C=O) groups is 1. The monoisotopic (exact) mass is 395 g/mol. The van der Waals surface area contributed by atoms with Crippen LogP contribution in [0.25, 0.3) is 10.6 Å². The lowest BCUT2D eigenvalue weighted by atomic mass is 10.1. The first kappa shape index (κ1) is 18.6. The molecule has 0 aliphatic carbocycles. The molecule has 0 spiro atoms. The Bertz CT molecular complexity index is 960. The summed E-state index contributed by atoms with van der Waals surface area (Å²) in [4.78, 5) is 20.1. The zero-order chi connectivity index (χ0) is 19.5. The van der Waals surface area contributed by atoms with E-state index >= 15 is 0 Å². The molecule has 0 saturated carbocycles. The number of carbonyl (C=O) groups excluding carboxylic acids is 1. The highest BCUT2D eigenvalue weighted by molar-refractivity contribution is 7.17. The van der Waals surface area contributed by atoms with E-state index in [1.165, 1.54) is 48.4 Å². The van der Waals surface area contributed by atoms with Crippen molar-refractivity contribution in [3.8, 4) is 10.6 Å². The highest BCUT2D eigenvalue weighted by atomic mass is 32.1. The van der Waals surface area contributed by atoms with E-state index in [2.05, 4.69) is 27.3 Å². The van der Waals surface area contributed by atoms with Crippen molar-refractivity contribution in [3.05, 3.63) is 64.9 Å². The van der Waals surface area contributed by atoms with Gasteiger partial charge < -0.3 is 10.2 Å². The van der Waals surface area contributed by atoms with Gasteiger partial charge in [-0.25, -0.2) is 9.37 Å². The van der Waals surface area contributed by atoms with Crippen molar-refractivity contribution in [2.24, 2.45) is 0 Å². The van der Waals surface area contributed by atoms with Crippen molar-refractivity contribution in [2.45, 2.75) is 26.2 Å². The highest BCUT2D eigenvalue weighted by Crippen LogP contribution is 2.29. The summed E-state index contributed by atoms with van der Waals surface area (Å²) in [6.45, 7) is 4.01. The normalized spacial score (nSPS) is 14.1. The quantitative estimate of drug-likeness (QED) is 0.634. The third-order valence-corrected chi connectivity index (χ3v) is 6.15. The van der Waals surface area contributed by atoms with Gasteiger partial charge in [0.25, 0.3) is 5.91 Å². The molecule has 0 atom stereocenters. The summed E-state index contributed by atoms with van der Waals surface area (Å²) in [6, 6.07) is 14.2. The van der Waals surface area contributed by atoms with Gasteiger partial charge in [-0.3, -0.25) is 4.79 Å². The highest BCUT2D eigenvalue weighted by Gasteiger charge is 2.17. The lowest BCUT2D eigenvalue weighted by Crippen LogP contribution is -2.29. The van der Waals surface area contributed by atoms with Crippen LogP contribution in [-0.4, -0.2) is 24.0 Å². The topological polar surface area (TPSA) is 45.2 Å². The van der Waals surface area contributed by atoms with Gasteiger partial charge in [-0.1, -0.05) is 0 Å². The summed E-state index contributed by atoms with van der Waals surface area (Å²) in [5.74, 6) is -0.461. The molecular formula is C22H22FN3OS. The summed E-state index contributed by atoms with van der Waals surface area (Å²) >= 11 is 1.32. The van der Waals surface area contributed by atoms with Crippen molar-refractivity contribution in [1.82, 2.24) is 4.98 Å². The molecule has 1 aliphatic rings. The Balaban J connectivity index is 1.47. The number of halogens is 1. The SMILES string of the molecule is Cc1nc(-c2ccc(F)cc2)sc1C(=O)Nc1ccc(N2CCCCC2)cc1. The number of thiazole rings is 1. The maximum atomic E-state index is 13.1. The number of anilines is 2. The maximum Gasteiger partial charge on any atom is 0.267 e. The van der Waals surface area contributed by atoms with Crippen LogP contribution in [0.3, 0.4) is 0 Å². The number of nitrogens with zero attached hydrogens (tertiary/aromatic N) is 2. The minimum atomic E-state index is -0.289. The third kappa shape index (κ3) is 4.07. The van der Waals surface area contributed by atoms with E-state index < -0.39 is 0 Å². The van der Waals surface area contributed by atoms with E-state index in [4.69, 9.17) is 0 Å². The predicted molar refractivity (Wildman–Crippen MR) is 113 cm³/mol.